The topological polar surface area (TPSA) is 526 Å². The van der Waals surface area contributed by atoms with Gasteiger partial charge in [0.15, 0.2) is 17.9 Å². The van der Waals surface area contributed by atoms with Crippen molar-refractivity contribution in [2.24, 2.45) is 78.2 Å². The molecule has 0 aromatic carbocycles. The number of aliphatic imine (C=N–C) groups is 3. The monoisotopic (exact) mass is 984 g/mol. The molecule has 394 valence electrons. The fourth-order valence-electron chi connectivity index (χ4n) is 6.58. The van der Waals surface area contributed by atoms with E-state index in [1.807, 2.05) is 0 Å². The summed E-state index contributed by atoms with van der Waals surface area (Å²) >= 11 is 0. The Balaban J connectivity index is 6.83. The summed E-state index contributed by atoms with van der Waals surface area (Å²) in [5.41, 5.74) is 55.4. The summed E-state index contributed by atoms with van der Waals surface area (Å²) < 4.78 is 0. The van der Waals surface area contributed by atoms with Gasteiger partial charge in [-0.15, -0.1) is 0 Å². The lowest BCUT2D eigenvalue weighted by molar-refractivity contribution is -0.142. The van der Waals surface area contributed by atoms with Crippen LogP contribution in [0.4, 0.5) is 0 Å². The first-order valence-corrected chi connectivity index (χ1v) is 23.2. The van der Waals surface area contributed by atoms with Crippen LogP contribution in [-0.2, 0) is 38.4 Å². The molecule has 0 spiro atoms. The summed E-state index contributed by atoms with van der Waals surface area (Å²) in [6, 6.07) is -9.06. The molecule has 0 aliphatic heterocycles. The van der Waals surface area contributed by atoms with Gasteiger partial charge in [-0.05, 0) is 96.1 Å². The number of unbranched alkanes of at least 4 members (excludes halogenated alkanes) is 2. The molecule has 27 N–H and O–H groups in total. The average Bonchev–Trinajstić information content (AvgIpc) is 3.28. The van der Waals surface area contributed by atoms with E-state index in [2.05, 4.69) is 46.9 Å². The van der Waals surface area contributed by atoms with Gasteiger partial charge in [-0.3, -0.25) is 48.5 Å². The minimum atomic E-state index is -1.54. The second kappa shape index (κ2) is 35.6. The normalized spacial score (nSPS) is 14.3. The van der Waals surface area contributed by atoms with Crippen LogP contribution in [0.2, 0.25) is 0 Å². The quantitative estimate of drug-likeness (QED) is 0.0156. The molecule has 0 rings (SSSR count). The molecule has 0 aromatic rings. The third kappa shape index (κ3) is 28.4. The van der Waals surface area contributed by atoms with Crippen molar-refractivity contribution in [1.29, 1.82) is 0 Å². The number of nitrogens with one attached hydrogen (secondary N) is 6. The Morgan fingerprint density at radius 2 is 0.812 bits per heavy atom. The van der Waals surface area contributed by atoms with Crippen molar-refractivity contribution < 1.29 is 43.5 Å². The summed E-state index contributed by atoms with van der Waals surface area (Å²) in [6.07, 6.45) is 2.42. The van der Waals surface area contributed by atoms with E-state index in [1.54, 1.807) is 13.8 Å². The number of carboxylic acids is 1. The number of carboxylic acid groups (broad SMARTS) is 1. The molecule has 0 bridgehead atoms. The number of nitrogens with two attached hydrogens (primary N) is 10. The second-order valence-corrected chi connectivity index (χ2v) is 16.5. The number of aliphatic carboxylic acids is 1. The van der Waals surface area contributed by atoms with E-state index < -0.39 is 102 Å². The van der Waals surface area contributed by atoms with Gasteiger partial charge in [0.1, 0.15) is 36.3 Å². The van der Waals surface area contributed by atoms with Gasteiger partial charge in [0.05, 0.1) is 6.04 Å². The molecule has 0 saturated heterocycles. The van der Waals surface area contributed by atoms with Crippen LogP contribution in [0, 0.1) is 5.92 Å². The first kappa shape index (κ1) is 62.4. The van der Waals surface area contributed by atoms with E-state index >= 15 is 0 Å². The van der Waals surface area contributed by atoms with Crippen molar-refractivity contribution >= 4 is 65.2 Å². The Hall–Kier alpha value is -6.55. The zero-order chi connectivity index (χ0) is 52.5. The van der Waals surface area contributed by atoms with E-state index in [1.165, 1.54) is 0 Å². The SMILES string of the molecule is CC[C@H](C)[C@H](NC(=O)[C@H](CCCN=C(N)N)NC(=O)[C@@H](N)CCCCN)C(=O)N[C@@H](CCCN=C(N)N)C(=O)N[C@@H](CCC(N)=O)C(=O)N[C@@H](CCCN=C(N)N)C(=O)N[C@@H](CCCCN)C(=O)O. The first-order valence-electron chi connectivity index (χ1n) is 23.2. The number of hydrogen-bond donors (Lipinski definition) is 17. The molecule has 0 saturated carbocycles. The molecule has 69 heavy (non-hydrogen) atoms. The second-order valence-electron chi connectivity index (χ2n) is 16.5. The largest absolute Gasteiger partial charge is 0.480 e. The van der Waals surface area contributed by atoms with E-state index in [4.69, 9.17) is 57.3 Å². The fraction of sp³-hybridized carbons (Fsp3) is 0.732. The lowest BCUT2D eigenvalue weighted by Gasteiger charge is -2.29. The Labute approximate surface area is 403 Å². The molecular weight excluding hydrogens is 903 g/mol. The maximum absolute atomic E-state index is 14.2. The van der Waals surface area contributed by atoms with Crippen LogP contribution < -0.4 is 89.2 Å². The zero-order valence-electron chi connectivity index (χ0n) is 40.1. The highest BCUT2D eigenvalue weighted by Crippen LogP contribution is 2.13. The number of hydrogen-bond acceptors (Lipinski definition) is 14. The molecule has 0 aliphatic rings. The molecule has 8 atom stereocenters. The van der Waals surface area contributed by atoms with Crippen LogP contribution in [0.25, 0.3) is 0 Å². The third-order valence-corrected chi connectivity index (χ3v) is 10.7. The van der Waals surface area contributed by atoms with E-state index in [0.29, 0.717) is 51.6 Å². The number of carbonyl (C=O) groups excluding carboxylic acids is 7. The van der Waals surface area contributed by atoms with Crippen molar-refractivity contribution in [3.05, 3.63) is 0 Å². The van der Waals surface area contributed by atoms with Crippen molar-refractivity contribution in [2.45, 2.75) is 152 Å². The van der Waals surface area contributed by atoms with Crippen molar-refractivity contribution in [3.8, 4) is 0 Å². The molecular formula is C41H81N19O9. The van der Waals surface area contributed by atoms with Crippen molar-refractivity contribution in [1.82, 2.24) is 31.9 Å². The van der Waals surface area contributed by atoms with Gasteiger partial charge in [-0.25, -0.2) is 4.79 Å². The summed E-state index contributed by atoms with van der Waals surface area (Å²) in [7, 11) is 0. The molecule has 28 nitrogen and oxygen atoms in total. The van der Waals surface area contributed by atoms with Gasteiger partial charge in [0, 0.05) is 26.1 Å². The van der Waals surface area contributed by atoms with Gasteiger partial charge in [0.2, 0.25) is 41.4 Å². The highest BCUT2D eigenvalue weighted by molar-refractivity contribution is 5.97. The third-order valence-electron chi connectivity index (χ3n) is 10.7. The van der Waals surface area contributed by atoms with Crippen LogP contribution in [0.15, 0.2) is 15.0 Å². The Morgan fingerprint density at radius 3 is 1.19 bits per heavy atom. The maximum Gasteiger partial charge on any atom is 0.326 e. The Bertz CT molecular complexity index is 1720. The summed E-state index contributed by atoms with van der Waals surface area (Å²) in [6.45, 7) is 4.36. The van der Waals surface area contributed by atoms with Gasteiger partial charge >= 0.3 is 5.97 Å². The Morgan fingerprint density at radius 1 is 0.464 bits per heavy atom. The molecule has 7 amide bonds. The highest BCUT2D eigenvalue weighted by atomic mass is 16.4. The lowest BCUT2D eigenvalue weighted by atomic mass is 9.96. The van der Waals surface area contributed by atoms with Gasteiger partial charge in [0.25, 0.3) is 0 Å². The van der Waals surface area contributed by atoms with Crippen LogP contribution in [0.1, 0.15) is 110 Å². The highest BCUT2D eigenvalue weighted by Gasteiger charge is 2.35. The maximum atomic E-state index is 14.2. The summed E-state index contributed by atoms with van der Waals surface area (Å²) in [5, 5.41) is 25.3. The van der Waals surface area contributed by atoms with Crippen LogP contribution >= 0.6 is 0 Å². The number of primary amides is 1. The smallest absolute Gasteiger partial charge is 0.326 e. The molecule has 0 unspecified atom stereocenters. The minimum Gasteiger partial charge on any atom is -0.480 e. The standard InChI is InChI=1S/C41H81N19O9/c1-3-23(2)31(60-36(66)27(15-10-22-54-41(50)51)55-32(62)24(44)11-4-6-18-42)37(67)58-26(14-9-21-53-40(48)49)33(63)57-28(16-17-30(45)61)35(65)56-25(13-8-20-52-39(46)47)34(64)59-29(38(68)69)12-5-7-19-43/h23-29,31H,3-22,42-44H2,1-2H3,(H2,45,61)(H,55,62)(H,56,65)(H,57,63)(H,58,67)(H,59,64)(H,60,66)(H,68,69)(H4,46,47,52)(H4,48,49,53)(H4,50,51,54)/t23-,24-,25-,26-,27-,28-,29-,31-/m0/s1. The molecule has 0 heterocycles. The molecule has 0 radical (unpaired) electrons. The number of carbonyl (C=O) groups is 8. The van der Waals surface area contributed by atoms with Crippen LogP contribution in [-0.4, -0.2) is 145 Å². The van der Waals surface area contributed by atoms with Crippen molar-refractivity contribution in [3.63, 3.8) is 0 Å². The molecule has 0 aliphatic carbocycles. The fourth-order valence-corrected chi connectivity index (χ4v) is 6.58. The van der Waals surface area contributed by atoms with Crippen LogP contribution in [0.5, 0.6) is 0 Å². The van der Waals surface area contributed by atoms with Crippen LogP contribution in [0.3, 0.4) is 0 Å². The lowest BCUT2D eigenvalue weighted by Crippen LogP contribution is -2.60. The minimum absolute atomic E-state index is 0.0227. The van der Waals surface area contributed by atoms with Gasteiger partial charge in [-0.1, -0.05) is 26.7 Å². The van der Waals surface area contributed by atoms with E-state index in [9.17, 15) is 43.5 Å². The van der Waals surface area contributed by atoms with Gasteiger partial charge in [-0.2, -0.15) is 0 Å². The number of guanidine groups is 3. The number of rotatable bonds is 38. The zero-order valence-corrected chi connectivity index (χ0v) is 40.1. The van der Waals surface area contributed by atoms with E-state index in [-0.39, 0.29) is 88.9 Å². The number of nitrogens with zero attached hydrogens (tertiary/aromatic N) is 3. The summed E-state index contributed by atoms with van der Waals surface area (Å²) in [5.74, 6) is -8.20. The Kier molecular flexibility index (Phi) is 32.2. The van der Waals surface area contributed by atoms with E-state index in [0.717, 1.165) is 0 Å². The van der Waals surface area contributed by atoms with Crippen molar-refractivity contribution in [2.75, 3.05) is 32.7 Å². The molecule has 0 fully saturated rings. The summed E-state index contributed by atoms with van der Waals surface area (Å²) in [4.78, 5) is 119. The first-order chi connectivity index (χ1) is 32.6. The van der Waals surface area contributed by atoms with Gasteiger partial charge < -0.3 is 94.3 Å². The predicted molar refractivity (Wildman–Crippen MR) is 261 cm³/mol. The molecule has 28 heteroatoms. The number of amides is 7. The average molecular weight is 984 g/mol. The molecule has 0 aromatic heterocycles. The predicted octanol–water partition coefficient (Wildman–Crippen LogP) is -5.96.